The van der Waals surface area contributed by atoms with E-state index in [0.717, 1.165) is 6.07 Å². The van der Waals surface area contributed by atoms with Gasteiger partial charge in [-0.1, -0.05) is 6.92 Å². The molecule has 158 valence electrons. The first-order valence-corrected chi connectivity index (χ1v) is 9.05. The highest BCUT2D eigenvalue weighted by molar-refractivity contribution is 14.1. The zero-order chi connectivity index (χ0) is 22.1. The molecule has 0 aliphatic carbocycles. The van der Waals surface area contributed by atoms with Gasteiger partial charge in [-0.15, -0.1) is 0 Å². The molecule has 0 aliphatic heterocycles. The molecule has 0 spiro atoms. The number of rotatable bonds is 5. The molecule has 0 fully saturated rings. The van der Waals surface area contributed by atoms with Crippen LogP contribution in [0.4, 0.5) is 26.3 Å². The molecule has 1 atom stereocenters. The number of phenols is 1. The normalized spacial score (nSPS) is 13.2. The maximum Gasteiger partial charge on any atom is 0.420 e. The van der Waals surface area contributed by atoms with E-state index in [0.29, 0.717) is 18.2 Å². The summed E-state index contributed by atoms with van der Waals surface area (Å²) in [6.07, 6.45) is -9.86. The highest BCUT2D eigenvalue weighted by atomic mass is 127. The van der Waals surface area contributed by atoms with Gasteiger partial charge in [0.05, 0.1) is 15.1 Å². The second kappa shape index (κ2) is 8.28. The summed E-state index contributed by atoms with van der Waals surface area (Å²) in [6, 6.07) is 3.72. The first kappa shape index (κ1) is 23.1. The topological polar surface area (TPSA) is 66.8 Å². The van der Waals surface area contributed by atoms with E-state index in [-0.39, 0.29) is 15.6 Å². The minimum atomic E-state index is -4.95. The Kier molecular flexibility index (Phi) is 6.60. The van der Waals surface area contributed by atoms with Crippen LogP contribution in [-0.2, 0) is 17.1 Å². The fourth-order valence-electron chi connectivity index (χ4n) is 2.61. The molecule has 2 aromatic carbocycles. The fraction of sp³-hybridized carbons (Fsp3) is 0.278. The molecule has 0 bridgehead atoms. The molecule has 4 nitrogen and oxygen atoms in total. The Labute approximate surface area is 174 Å². The second-order valence-electron chi connectivity index (χ2n) is 5.96. The number of carboxylic acid groups (broad SMARTS) is 1. The van der Waals surface area contributed by atoms with Gasteiger partial charge in [0.1, 0.15) is 17.1 Å². The second-order valence-corrected chi connectivity index (χ2v) is 7.12. The lowest BCUT2D eigenvalue weighted by Gasteiger charge is -2.20. The van der Waals surface area contributed by atoms with Gasteiger partial charge in [-0.25, -0.2) is 0 Å². The lowest BCUT2D eigenvalue weighted by Crippen LogP contribution is -2.14. The molecule has 2 rings (SSSR count). The van der Waals surface area contributed by atoms with Crippen LogP contribution >= 0.6 is 22.6 Å². The maximum absolute atomic E-state index is 13.6. The molecule has 0 aromatic heterocycles. The Balaban J connectivity index is 2.60. The van der Waals surface area contributed by atoms with Crippen LogP contribution in [0.3, 0.4) is 0 Å². The van der Waals surface area contributed by atoms with Crippen LogP contribution in [0.2, 0.25) is 0 Å². The summed E-state index contributed by atoms with van der Waals surface area (Å²) in [4.78, 5) is 11.3. The summed E-state index contributed by atoms with van der Waals surface area (Å²) in [5.41, 5.74) is -2.89. The van der Waals surface area contributed by atoms with Gasteiger partial charge in [-0.05, 0) is 64.9 Å². The molecule has 0 saturated carbocycles. The maximum atomic E-state index is 13.6. The zero-order valence-electron chi connectivity index (χ0n) is 14.5. The molecule has 2 N–H and O–H groups in total. The zero-order valence-corrected chi connectivity index (χ0v) is 16.7. The number of carboxylic acids is 1. The van der Waals surface area contributed by atoms with Crippen molar-refractivity contribution in [2.75, 3.05) is 0 Å². The van der Waals surface area contributed by atoms with Crippen molar-refractivity contribution in [3.8, 4) is 17.2 Å². The van der Waals surface area contributed by atoms with Crippen LogP contribution in [0.25, 0.3) is 0 Å². The van der Waals surface area contributed by atoms with Gasteiger partial charge in [0.15, 0.2) is 5.75 Å². The number of ether oxygens (including phenoxy) is 1. The average Bonchev–Trinajstić information content (AvgIpc) is 2.56. The number of aliphatic carboxylic acids is 1. The third kappa shape index (κ3) is 5.25. The van der Waals surface area contributed by atoms with Gasteiger partial charge < -0.3 is 14.9 Å². The summed E-state index contributed by atoms with van der Waals surface area (Å²) in [7, 11) is 0. The van der Waals surface area contributed by atoms with Crippen molar-refractivity contribution < 1.29 is 46.1 Å². The summed E-state index contributed by atoms with van der Waals surface area (Å²) in [5.74, 6) is -4.93. The van der Waals surface area contributed by atoms with Crippen LogP contribution in [0, 0.1) is 3.57 Å². The SMILES string of the molecule is CCC(C(=O)O)c1cc(I)c(Oc2ccc(O)c(C(F)(F)F)c2)c(C(F)(F)F)c1. The van der Waals surface area contributed by atoms with E-state index in [1.54, 1.807) is 0 Å². The Morgan fingerprint density at radius 2 is 1.66 bits per heavy atom. The van der Waals surface area contributed by atoms with Crippen molar-refractivity contribution in [2.45, 2.75) is 31.6 Å². The standard InChI is InChI=1S/C18H13F6IO4/c1-2-10(16(27)28)8-5-12(18(22,23)24)15(13(25)6-8)29-9-3-4-14(26)11(7-9)17(19,20)21/h3-7,10,26H,2H2,1H3,(H,27,28). The number of phenolic OH excluding ortho intramolecular Hbond substituents is 1. The van der Waals surface area contributed by atoms with Gasteiger partial charge in [0, 0.05) is 0 Å². The van der Waals surface area contributed by atoms with Crippen molar-refractivity contribution in [1.29, 1.82) is 0 Å². The molecule has 0 saturated heterocycles. The van der Waals surface area contributed by atoms with Crippen LogP contribution in [0.5, 0.6) is 17.2 Å². The van der Waals surface area contributed by atoms with E-state index >= 15 is 0 Å². The van der Waals surface area contributed by atoms with Crippen molar-refractivity contribution >= 4 is 28.6 Å². The number of hydrogen-bond donors (Lipinski definition) is 2. The molecule has 0 aliphatic rings. The number of benzene rings is 2. The minimum absolute atomic E-state index is 0.0375. The third-order valence-corrected chi connectivity index (χ3v) is 4.77. The third-order valence-electron chi connectivity index (χ3n) is 3.97. The summed E-state index contributed by atoms with van der Waals surface area (Å²) in [6.45, 7) is 1.50. The lowest BCUT2D eigenvalue weighted by atomic mass is 9.94. The Bertz CT molecular complexity index is 924. The van der Waals surface area contributed by atoms with Crippen molar-refractivity contribution in [3.05, 3.63) is 50.6 Å². The molecule has 29 heavy (non-hydrogen) atoms. The Hall–Kier alpha value is -2.18. The van der Waals surface area contributed by atoms with Crippen molar-refractivity contribution in [1.82, 2.24) is 0 Å². The largest absolute Gasteiger partial charge is 0.507 e. The highest BCUT2D eigenvalue weighted by Crippen LogP contribution is 2.44. The number of hydrogen-bond acceptors (Lipinski definition) is 3. The van der Waals surface area contributed by atoms with Crippen LogP contribution in [0.15, 0.2) is 30.3 Å². The highest BCUT2D eigenvalue weighted by Gasteiger charge is 2.38. The number of aromatic hydroxyl groups is 1. The quantitative estimate of drug-likeness (QED) is 0.344. The summed E-state index contributed by atoms with van der Waals surface area (Å²) in [5, 5.41) is 18.5. The van der Waals surface area contributed by atoms with E-state index in [9.17, 15) is 41.4 Å². The van der Waals surface area contributed by atoms with Gasteiger partial charge in [-0.2, -0.15) is 26.3 Å². The first-order valence-electron chi connectivity index (χ1n) is 7.97. The first-order chi connectivity index (χ1) is 13.3. The molecular formula is C18H13F6IO4. The smallest absolute Gasteiger partial charge is 0.420 e. The molecule has 0 radical (unpaired) electrons. The minimum Gasteiger partial charge on any atom is -0.507 e. The molecule has 2 aromatic rings. The van der Waals surface area contributed by atoms with E-state index in [1.807, 2.05) is 0 Å². The number of halogens is 7. The number of alkyl halides is 6. The van der Waals surface area contributed by atoms with Gasteiger partial charge >= 0.3 is 18.3 Å². The van der Waals surface area contributed by atoms with E-state index in [4.69, 9.17) is 4.74 Å². The average molecular weight is 534 g/mol. The van der Waals surface area contributed by atoms with E-state index in [2.05, 4.69) is 0 Å². The van der Waals surface area contributed by atoms with Crippen LogP contribution in [0.1, 0.15) is 36.0 Å². The van der Waals surface area contributed by atoms with Crippen LogP contribution < -0.4 is 4.74 Å². The molecule has 0 amide bonds. The Morgan fingerprint density at radius 3 is 2.14 bits per heavy atom. The monoisotopic (exact) mass is 534 g/mol. The predicted molar refractivity (Wildman–Crippen MR) is 98.0 cm³/mol. The lowest BCUT2D eigenvalue weighted by molar-refractivity contribution is -0.140. The Morgan fingerprint density at radius 1 is 1.07 bits per heavy atom. The molecule has 0 heterocycles. The number of carbonyl (C=O) groups is 1. The van der Waals surface area contributed by atoms with Crippen LogP contribution in [-0.4, -0.2) is 16.2 Å². The molecule has 11 heteroatoms. The summed E-state index contributed by atoms with van der Waals surface area (Å²) < 4.78 is 84.4. The van der Waals surface area contributed by atoms with Gasteiger partial charge in [-0.3, -0.25) is 4.79 Å². The van der Waals surface area contributed by atoms with Crippen molar-refractivity contribution in [2.24, 2.45) is 0 Å². The van der Waals surface area contributed by atoms with E-state index in [1.165, 1.54) is 35.6 Å². The molecular weight excluding hydrogens is 521 g/mol. The van der Waals surface area contributed by atoms with E-state index < -0.39 is 52.6 Å². The fourth-order valence-corrected chi connectivity index (χ4v) is 3.37. The predicted octanol–water partition coefficient (Wildman–Crippen LogP) is 6.40. The van der Waals surface area contributed by atoms with Gasteiger partial charge in [0.25, 0.3) is 0 Å². The molecule has 1 unspecified atom stereocenters. The summed E-state index contributed by atoms with van der Waals surface area (Å²) >= 11 is 1.49. The van der Waals surface area contributed by atoms with Gasteiger partial charge in [0.2, 0.25) is 0 Å². The van der Waals surface area contributed by atoms with Crippen molar-refractivity contribution in [3.63, 3.8) is 0 Å².